The molecule has 0 unspecified atom stereocenters. The molecule has 35 heteroatoms. The summed E-state index contributed by atoms with van der Waals surface area (Å²) < 4.78 is 126. The Hall–Kier alpha value is -11.1. The van der Waals surface area contributed by atoms with Gasteiger partial charge in [-0.05, 0) is 182 Å². The van der Waals surface area contributed by atoms with E-state index >= 15 is 0 Å². The number of benzene rings is 9. The lowest BCUT2D eigenvalue weighted by molar-refractivity contribution is -0.130. The fraction of sp³-hybridized carbons (Fsp3) is 0.406. The van der Waals surface area contributed by atoms with E-state index in [4.69, 9.17) is 14.2 Å². The topological polar surface area (TPSA) is 403 Å². The second kappa shape index (κ2) is 48.3. The Morgan fingerprint density at radius 2 is 0.728 bits per heavy atom. The molecule has 0 spiro atoms. The van der Waals surface area contributed by atoms with Crippen LogP contribution in [0.4, 0.5) is 31.4 Å². The molecule has 0 radical (unpaired) electrons. The maximum absolute atomic E-state index is 13.7. The monoisotopic (exact) mass is 1960 g/mol. The number of anilines is 3. The van der Waals surface area contributed by atoms with Crippen LogP contribution in [-0.4, -0.2) is 223 Å². The van der Waals surface area contributed by atoms with Crippen LogP contribution in [0.3, 0.4) is 0 Å². The summed E-state index contributed by atoms with van der Waals surface area (Å²) in [7, 11) is -15.3. The highest BCUT2D eigenvalue weighted by atomic mass is 32.2. The van der Waals surface area contributed by atoms with Crippen LogP contribution >= 0.6 is 12.6 Å². The average molecular weight is 1970 g/mol. The van der Waals surface area contributed by atoms with Crippen molar-refractivity contribution in [2.24, 2.45) is 17.8 Å². The molecule has 0 bridgehead atoms. The molecule has 9 aromatic carbocycles. The Bertz CT molecular complexity index is 6000. The van der Waals surface area contributed by atoms with Gasteiger partial charge in [0.25, 0.3) is 17.7 Å². The van der Waals surface area contributed by atoms with Crippen LogP contribution in [0.2, 0.25) is 0 Å². The number of hydrogen-bond donors (Lipinski definition) is 8. The van der Waals surface area contributed by atoms with Crippen LogP contribution in [0.25, 0.3) is 0 Å². The SMILES string of the molecule is C.CCC(C)(C)c1ccc(O)c(N2C[C@@H](C(=O)N[C@@H](Cc3ccccc3)[C@H](O)CN(CC(C)C)S(=O)(=O)c3ccc(C)cc3)OC2=O)c1.Cc1ccc(S(=O)(=O)N(CC(C)C)C[C@@H](O)[C@H](Cc2ccccc2)NC(=O)[C@@H]2CN(c3ccc(S(C)(=O)=O)cc3)C(=O)O2)cc1.Cc1ccc(S(=O)(=O)N(CC(C)C)C[C@@H](O)[C@H](Cc2ccccc2)NC(=O)[C@@H]2CN(c3cccc(CS)c3)C(=O)O2)cc1. The Labute approximate surface area is 806 Å². The van der Waals surface area contributed by atoms with Crippen LogP contribution in [0.1, 0.15) is 121 Å². The van der Waals surface area contributed by atoms with Gasteiger partial charge in [0.05, 0.1) is 81.3 Å². The molecule has 3 saturated heterocycles. The molecular formula is C101H129N9O21S5. The Balaban J connectivity index is 0.000000228. The largest absolute Gasteiger partial charge is 0.506 e. The number of phenolic OH excluding ortho intramolecular Hbond substituents is 1. The van der Waals surface area contributed by atoms with Crippen molar-refractivity contribution in [1.29, 1.82) is 0 Å². The van der Waals surface area contributed by atoms with Crippen molar-refractivity contribution in [3.63, 3.8) is 0 Å². The fourth-order valence-electron chi connectivity index (χ4n) is 15.4. The molecule has 12 rings (SSSR count). The first-order chi connectivity index (χ1) is 63.7. The van der Waals surface area contributed by atoms with Gasteiger partial charge in [-0.3, -0.25) is 29.1 Å². The van der Waals surface area contributed by atoms with Gasteiger partial charge in [0.2, 0.25) is 30.1 Å². The van der Waals surface area contributed by atoms with Gasteiger partial charge < -0.3 is 50.6 Å². The maximum atomic E-state index is 13.7. The molecule has 3 aliphatic heterocycles. The minimum atomic E-state index is -3.97. The van der Waals surface area contributed by atoms with Crippen molar-refractivity contribution >= 4 is 106 Å². The minimum Gasteiger partial charge on any atom is -0.506 e. The van der Waals surface area contributed by atoms with E-state index in [0.29, 0.717) is 17.1 Å². The van der Waals surface area contributed by atoms with Crippen LogP contribution in [0.15, 0.2) is 250 Å². The summed E-state index contributed by atoms with van der Waals surface area (Å²) in [4.78, 5) is 83.1. The standard InChI is InChI=1S/C36H47N3O7S.C32H39N3O8S2.C32H39N3O6S2.CH4/c1-7-36(5,6)27-15-18-31(40)30(20-27)39-23-33(46-35(39)43)34(42)37-29(19-26-11-9-8-10-12-26)32(41)22-38(21-24(2)3)47(44,45)28-16-13-25(4)14-17-28;1-22(2)19-34(45(41,42)27-14-10-23(3)11-15-27)20-29(36)28(18-24-8-6-5-7-9-24)33-31(37)30-21-35(32(38)43-30)25-12-16-26(17-13-25)44(4,39)40;1-22(2)18-34(43(39,40)27-14-12-23(3)13-15-27)19-29(36)28(17-24-8-5-4-6-9-24)33-31(37)30-20-35(32(38)41-30)26-11-7-10-25(16-26)21-42;/h8-18,20,24,29,32-33,40-41H,7,19,21-23H2,1-6H3,(H,37,42);5-17,22,28-30,36H,18-21H2,1-4H3,(H,33,37);4-16,22,28-30,36,42H,17-21H2,1-3H3,(H,33,37);1H4/t29-,32+,33-;2*28-,29+,30-;/m000./s1. The molecule has 9 aromatic rings. The van der Waals surface area contributed by atoms with Gasteiger partial charge in [0, 0.05) is 62.7 Å². The van der Waals surface area contributed by atoms with Crippen molar-refractivity contribution in [2.45, 2.75) is 202 Å². The molecule has 0 aromatic heterocycles. The predicted octanol–water partition coefficient (Wildman–Crippen LogP) is 13.1. The van der Waals surface area contributed by atoms with Gasteiger partial charge >= 0.3 is 18.3 Å². The zero-order chi connectivity index (χ0) is 98.6. The normalized spacial score (nSPS) is 16.7. The number of hydrogen-bond acceptors (Lipinski definition) is 22. The number of amides is 6. The number of phenols is 1. The lowest BCUT2D eigenvalue weighted by atomic mass is 9.82. The van der Waals surface area contributed by atoms with Gasteiger partial charge in [-0.25, -0.2) is 48.1 Å². The van der Waals surface area contributed by atoms with Gasteiger partial charge in [0.15, 0.2) is 28.1 Å². The Morgan fingerprint density at radius 3 is 1.04 bits per heavy atom. The lowest BCUT2D eigenvalue weighted by Gasteiger charge is -2.31. The Morgan fingerprint density at radius 1 is 0.419 bits per heavy atom. The molecule has 3 fully saturated rings. The summed E-state index contributed by atoms with van der Waals surface area (Å²) in [6.45, 7) is 22.5. The molecule has 734 valence electrons. The molecule has 136 heavy (non-hydrogen) atoms. The van der Waals surface area contributed by atoms with Gasteiger partial charge in [-0.1, -0.05) is 232 Å². The summed E-state index contributed by atoms with van der Waals surface area (Å²) >= 11 is 4.29. The summed E-state index contributed by atoms with van der Waals surface area (Å²) in [5, 5.41) is 53.7. The number of aliphatic hydroxyl groups excluding tert-OH is 3. The smallest absolute Gasteiger partial charge is 0.415 e. The number of thiol groups is 1. The maximum Gasteiger partial charge on any atom is 0.415 e. The van der Waals surface area contributed by atoms with E-state index in [9.17, 15) is 82.9 Å². The first kappa shape index (κ1) is 109. The number of sulfonamides is 3. The van der Waals surface area contributed by atoms with Gasteiger partial charge in [0.1, 0.15) is 5.75 Å². The molecule has 7 N–H and O–H groups in total. The van der Waals surface area contributed by atoms with E-state index in [1.54, 1.807) is 78.9 Å². The third-order valence-corrected chi connectivity index (χ3v) is 30.4. The highest BCUT2D eigenvalue weighted by Crippen LogP contribution is 2.38. The third kappa shape index (κ3) is 29.5. The average Bonchev–Trinajstić information content (AvgIpc) is 1.63. The number of sulfone groups is 1. The summed E-state index contributed by atoms with van der Waals surface area (Å²) in [6.07, 6.45) is -7.11. The van der Waals surface area contributed by atoms with Crippen LogP contribution in [0.5, 0.6) is 5.75 Å². The van der Waals surface area contributed by atoms with Gasteiger partial charge in [-0.2, -0.15) is 25.5 Å². The van der Waals surface area contributed by atoms with E-state index in [2.05, 4.69) is 49.4 Å². The van der Waals surface area contributed by atoms with Gasteiger partial charge in [-0.15, -0.1) is 0 Å². The van der Waals surface area contributed by atoms with E-state index in [1.807, 2.05) is 172 Å². The predicted molar refractivity (Wildman–Crippen MR) is 528 cm³/mol. The highest BCUT2D eigenvalue weighted by molar-refractivity contribution is 7.91. The zero-order valence-corrected chi connectivity index (χ0v) is 82.4. The molecule has 0 saturated carbocycles. The molecular weight excluding hydrogens is 1840 g/mol. The molecule has 0 aliphatic carbocycles. The summed E-state index contributed by atoms with van der Waals surface area (Å²) in [5.41, 5.74) is 8.05. The second-order valence-electron chi connectivity index (χ2n) is 36.2. The van der Waals surface area contributed by atoms with E-state index in [0.717, 1.165) is 57.2 Å². The number of ether oxygens (including phenoxy) is 3. The number of aromatic hydroxyl groups is 1. The van der Waals surface area contributed by atoms with Crippen LogP contribution in [-0.2, 0) is 98.9 Å². The molecule has 3 aliphatic rings. The molecule has 9 atom stereocenters. The molecule has 30 nitrogen and oxygen atoms in total. The first-order valence-electron chi connectivity index (χ1n) is 44.8. The zero-order valence-electron chi connectivity index (χ0n) is 78.3. The lowest BCUT2D eigenvalue weighted by Crippen LogP contribution is -2.53. The summed E-state index contributed by atoms with van der Waals surface area (Å²) in [6, 6.07) is 62.5. The molecule has 3 heterocycles. The number of cyclic esters (lactones) is 3. The quantitative estimate of drug-likeness (QED) is 0.0131. The van der Waals surface area contributed by atoms with Crippen molar-refractivity contribution in [3.8, 4) is 5.75 Å². The van der Waals surface area contributed by atoms with Crippen molar-refractivity contribution in [3.05, 3.63) is 275 Å². The van der Waals surface area contributed by atoms with Crippen LogP contribution in [0, 0.1) is 38.5 Å². The number of nitrogens with one attached hydrogen (secondary N) is 3. The fourth-order valence-corrected chi connectivity index (χ4v) is 21.1. The third-order valence-electron chi connectivity index (χ3n) is 23.4. The van der Waals surface area contributed by atoms with E-state index in [-0.39, 0.29) is 140 Å². The van der Waals surface area contributed by atoms with Crippen molar-refractivity contribution in [1.82, 2.24) is 28.9 Å². The molecule has 6 amide bonds. The second-order valence-corrected chi connectivity index (χ2v) is 44.3. The van der Waals surface area contributed by atoms with Crippen molar-refractivity contribution < 1.29 is 97.1 Å². The first-order valence-corrected chi connectivity index (χ1v) is 51.6. The number of rotatable bonds is 40. The number of nitrogens with zero attached hydrogens (tertiary/aromatic N) is 6. The van der Waals surface area contributed by atoms with Crippen molar-refractivity contribution in [2.75, 3.05) is 79.9 Å². The summed E-state index contributed by atoms with van der Waals surface area (Å²) in [5.74, 6) is -1.58. The number of aryl methyl sites for hydroxylation is 3. The number of carbonyl (C=O) groups is 6. The Kier molecular flexibility index (Phi) is 38.5. The highest BCUT2D eigenvalue weighted by Gasteiger charge is 2.45. The number of aliphatic hydroxyl groups is 3. The van der Waals surface area contributed by atoms with Crippen LogP contribution < -0.4 is 30.7 Å². The van der Waals surface area contributed by atoms with E-state index in [1.165, 1.54) is 70.1 Å². The number of carbonyl (C=O) groups excluding carboxylic acids is 6. The minimum absolute atomic E-state index is 0. The van der Waals surface area contributed by atoms with E-state index < -0.39 is 131 Å².